The Hall–Kier alpha value is -0.534. The van der Waals surface area contributed by atoms with Crippen molar-refractivity contribution in [3.8, 4) is 0 Å². The van der Waals surface area contributed by atoms with Crippen molar-refractivity contribution >= 4 is 23.1 Å². The monoisotopic (exact) mass is 294 g/mol. The molecule has 0 N–H and O–H groups in total. The van der Waals surface area contributed by atoms with Gasteiger partial charge in [-0.05, 0) is 0 Å². The van der Waals surface area contributed by atoms with Crippen LogP contribution in [0.2, 0.25) is 0 Å². The fraction of sp³-hybridized carbons (Fsp3) is 0.500. The topological polar surface area (TPSA) is 0 Å². The molecule has 0 radical (unpaired) electrons. The first kappa shape index (κ1) is 20.5. The third kappa shape index (κ3) is 6.84. The van der Waals surface area contributed by atoms with Gasteiger partial charge in [0, 0.05) is 0 Å². The molecule has 0 aromatic heterocycles. The summed E-state index contributed by atoms with van der Waals surface area (Å²) in [6.07, 6.45) is 2.32. The Bertz CT molecular complexity index is 439. The molecule has 2 aromatic rings. The Morgan fingerprint density at radius 2 is 1.10 bits per heavy atom. The zero-order valence-corrected chi connectivity index (χ0v) is 16.2. The third-order valence-corrected chi connectivity index (χ3v) is 3.83. The molecule has 112 valence electrons. The summed E-state index contributed by atoms with van der Waals surface area (Å²) >= 11 is 0. The van der Waals surface area contributed by atoms with Crippen molar-refractivity contribution in [1.29, 1.82) is 0 Å². The normalized spacial score (nSPS) is 10.3. The van der Waals surface area contributed by atoms with Crippen molar-refractivity contribution in [1.82, 2.24) is 0 Å². The fourth-order valence-electron chi connectivity index (χ4n) is 2.19. The molecule has 0 aliphatic rings. The molecular formula is C20H30Mg. The molecular weight excluding hydrogens is 265 g/mol. The van der Waals surface area contributed by atoms with Crippen LogP contribution in [0.15, 0.2) is 36.4 Å². The van der Waals surface area contributed by atoms with Crippen molar-refractivity contribution in [3.63, 3.8) is 0 Å². The molecule has 2 aromatic carbocycles. The molecule has 0 fully saturated rings. The summed E-state index contributed by atoms with van der Waals surface area (Å²) in [5, 5.41) is 0. The predicted molar refractivity (Wildman–Crippen MR) is 96.8 cm³/mol. The molecule has 0 heterocycles. The van der Waals surface area contributed by atoms with Crippen molar-refractivity contribution in [2.75, 3.05) is 0 Å². The van der Waals surface area contributed by atoms with Crippen molar-refractivity contribution in [2.24, 2.45) is 0 Å². The summed E-state index contributed by atoms with van der Waals surface area (Å²) in [4.78, 5) is 0. The van der Waals surface area contributed by atoms with Crippen LogP contribution in [0.5, 0.6) is 0 Å². The van der Waals surface area contributed by atoms with Gasteiger partial charge in [-0.2, -0.15) is 46.5 Å². The van der Waals surface area contributed by atoms with Crippen molar-refractivity contribution < 1.29 is 0 Å². The van der Waals surface area contributed by atoms with E-state index in [1.165, 1.54) is 22.3 Å². The molecule has 0 atom stereocenters. The molecule has 2 rings (SSSR count). The summed E-state index contributed by atoms with van der Waals surface area (Å²) in [5.74, 6) is 1.36. The van der Waals surface area contributed by atoms with Crippen LogP contribution in [0, 0.1) is 0 Å². The molecule has 0 unspecified atom stereocenters. The van der Waals surface area contributed by atoms with E-state index in [2.05, 4.69) is 77.9 Å². The summed E-state index contributed by atoms with van der Waals surface area (Å²) in [5.41, 5.74) is 5.86. The maximum atomic E-state index is 2.30. The molecule has 0 aliphatic heterocycles. The second-order valence-electron chi connectivity index (χ2n) is 6.12. The summed E-state index contributed by atoms with van der Waals surface area (Å²) in [6.45, 7) is 13.3. The van der Waals surface area contributed by atoms with Gasteiger partial charge in [0.15, 0.2) is 0 Å². The van der Waals surface area contributed by atoms with E-state index < -0.39 is 0 Å². The van der Waals surface area contributed by atoms with Crippen LogP contribution in [0.1, 0.15) is 75.6 Å². The Morgan fingerprint density at radius 1 is 0.762 bits per heavy atom. The van der Waals surface area contributed by atoms with Crippen LogP contribution < -0.4 is 0 Å². The third-order valence-electron chi connectivity index (χ3n) is 3.83. The Labute approximate surface area is 147 Å². The molecule has 1 heteroatoms. The number of hydrogen-bond donors (Lipinski definition) is 0. The Kier molecular flexibility index (Phi) is 9.98. The van der Waals surface area contributed by atoms with E-state index in [4.69, 9.17) is 0 Å². The van der Waals surface area contributed by atoms with Gasteiger partial charge < -0.3 is 0 Å². The number of rotatable bonds is 4. The fourth-order valence-corrected chi connectivity index (χ4v) is 2.19. The second-order valence-corrected chi connectivity index (χ2v) is 6.12. The first-order chi connectivity index (χ1) is 9.47. The second kappa shape index (κ2) is 10.2. The molecule has 0 saturated heterocycles. The van der Waals surface area contributed by atoms with E-state index in [1.54, 1.807) is 0 Å². The molecule has 0 spiro atoms. The van der Waals surface area contributed by atoms with Gasteiger partial charge in [-0.3, -0.25) is 0 Å². The molecule has 0 amide bonds. The van der Waals surface area contributed by atoms with Gasteiger partial charge in [0.25, 0.3) is 0 Å². The van der Waals surface area contributed by atoms with E-state index in [0.717, 1.165) is 12.8 Å². The van der Waals surface area contributed by atoms with Gasteiger partial charge in [0.05, 0.1) is 0 Å². The van der Waals surface area contributed by atoms with Crippen molar-refractivity contribution in [2.45, 2.75) is 66.2 Å². The van der Waals surface area contributed by atoms with Crippen molar-refractivity contribution in [3.05, 3.63) is 58.7 Å². The maximum absolute atomic E-state index is 2.30. The summed E-state index contributed by atoms with van der Waals surface area (Å²) < 4.78 is 0. The van der Waals surface area contributed by atoms with E-state index >= 15 is 0 Å². The minimum atomic E-state index is 0. The minimum absolute atomic E-state index is 0. The van der Waals surface area contributed by atoms with Gasteiger partial charge in [0.2, 0.25) is 0 Å². The zero-order chi connectivity index (χ0) is 15.1. The van der Waals surface area contributed by atoms with E-state index in [9.17, 15) is 0 Å². The molecule has 21 heavy (non-hydrogen) atoms. The maximum Gasteiger partial charge on any atom is 2.00 e. The van der Waals surface area contributed by atoms with Gasteiger partial charge in [-0.1, -0.05) is 66.2 Å². The SMILES string of the molecule is CC[c-]1ccc(C(C)C)c1.CC[c-]1ccc(C(C)C)c1.[Mg+2]. The average molecular weight is 295 g/mol. The minimum Gasteiger partial charge on any atom is -0.210 e. The standard InChI is InChI=1S/2C10H15.Mg/c2*1-4-9-5-6-10(7-9)8(2)3;/h2*5-8H,4H2,1-3H3;/q2*-1;+2. The summed E-state index contributed by atoms with van der Waals surface area (Å²) in [7, 11) is 0. The quantitative estimate of drug-likeness (QED) is 0.493. The average Bonchev–Trinajstić information content (AvgIpc) is 3.08. The number of aryl methyl sites for hydroxylation is 2. The van der Waals surface area contributed by atoms with Crippen LogP contribution >= 0.6 is 0 Å². The van der Waals surface area contributed by atoms with Gasteiger partial charge >= 0.3 is 23.1 Å². The molecule has 0 aliphatic carbocycles. The first-order valence-corrected chi connectivity index (χ1v) is 7.98. The molecule has 0 nitrogen and oxygen atoms in total. The molecule has 0 saturated carbocycles. The predicted octanol–water partition coefficient (Wildman–Crippen LogP) is 5.80. The Morgan fingerprint density at radius 3 is 1.24 bits per heavy atom. The smallest absolute Gasteiger partial charge is 0.210 e. The van der Waals surface area contributed by atoms with Gasteiger partial charge in [-0.15, -0.1) is 0 Å². The van der Waals surface area contributed by atoms with Crippen LogP contribution in [-0.4, -0.2) is 23.1 Å². The van der Waals surface area contributed by atoms with Gasteiger partial charge in [0.1, 0.15) is 0 Å². The number of hydrogen-bond acceptors (Lipinski definition) is 0. The van der Waals surface area contributed by atoms with Crippen LogP contribution in [0.4, 0.5) is 0 Å². The first-order valence-electron chi connectivity index (χ1n) is 7.98. The van der Waals surface area contributed by atoms with E-state index in [-0.39, 0.29) is 23.1 Å². The van der Waals surface area contributed by atoms with Gasteiger partial charge in [-0.25, -0.2) is 12.1 Å². The summed E-state index contributed by atoms with van der Waals surface area (Å²) in [6, 6.07) is 13.5. The Balaban J connectivity index is 0.000000364. The van der Waals surface area contributed by atoms with E-state index in [0.29, 0.717) is 11.8 Å². The largest absolute Gasteiger partial charge is 2.00 e. The zero-order valence-electron chi connectivity index (χ0n) is 14.7. The van der Waals surface area contributed by atoms with Crippen LogP contribution in [0.3, 0.4) is 0 Å². The van der Waals surface area contributed by atoms with Crippen LogP contribution in [-0.2, 0) is 12.8 Å². The molecule has 0 bridgehead atoms. The van der Waals surface area contributed by atoms with Crippen LogP contribution in [0.25, 0.3) is 0 Å². The van der Waals surface area contributed by atoms with E-state index in [1.807, 2.05) is 0 Å².